The second-order valence-electron chi connectivity index (χ2n) is 3.91. The third-order valence-corrected chi connectivity index (χ3v) is 2.64. The molecule has 6 heteroatoms. The topological polar surface area (TPSA) is 66.9 Å². The van der Waals surface area contributed by atoms with E-state index in [2.05, 4.69) is 20.6 Å². The van der Waals surface area contributed by atoms with Gasteiger partial charge in [0.05, 0.1) is 12.4 Å². The van der Waals surface area contributed by atoms with Gasteiger partial charge in [-0.3, -0.25) is 9.78 Å². The minimum atomic E-state index is -0.432. The zero-order chi connectivity index (χ0) is 13.8. The van der Waals surface area contributed by atoms with Crippen LogP contribution < -0.4 is 10.6 Å². The van der Waals surface area contributed by atoms with E-state index in [1.54, 1.807) is 20.0 Å². The highest BCUT2D eigenvalue weighted by Crippen LogP contribution is 2.18. The number of hydrogen-bond acceptors (Lipinski definition) is 4. The molecule has 1 aromatic heterocycles. The molecule has 1 aromatic carbocycles. The van der Waals surface area contributed by atoms with E-state index in [0.29, 0.717) is 17.1 Å². The van der Waals surface area contributed by atoms with Gasteiger partial charge in [-0.1, -0.05) is 6.07 Å². The number of nitrogens with one attached hydrogen (secondary N) is 2. The van der Waals surface area contributed by atoms with E-state index in [-0.39, 0.29) is 11.5 Å². The molecular weight excluding hydrogens is 247 g/mol. The van der Waals surface area contributed by atoms with Gasteiger partial charge in [0.25, 0.3) is 5.91 Å². The average Bonchev–Trinajstić information content (AvgIpc) is 2.44. The van der Waals surface area contributed by atoms with Crippen molar-refractivity contribution in [2.45, 2.75) is 6.92 Å². The molecular formula is C13H13FN4O. The number of amides is 1. The lowest BCUT2D eigenvalue weighted by molar-refractivity contribution is 0.102. The van der Waals surface area contributed by atoms with E-state index in [1.165, 1.54) is 24.5 Å². The summed E-state index contributed by atoms with van der Waals surface area (Å²) in [6.07, 6.45) is 2.86. The normalized spacial score (nSPS) is 10.1. The number of nitrogens with zero attached hydrogens (tertiary/aromatic N) is 2. The van der Waals surface area contributed by atoms with Crippen LogP contribution >= 0.6 is 0 Å². The van der Waals surface area contributed by atoms with Crippen molar-refractivity contribution in [1.82, 2.24) is 9.97 Å². The quantitative estimate of drug-likeness (QED) is 0.888. The monoisotopic (exact) mass is 260 g/mol. The van der Waals surface area contributed by atoms with Crippen molar-refractivity contribution < 1.29 is 9.18 Å². The molecule has 19 heavy (non-hydrogen) atoms. The Kier molecular flexibility index (Phi) is 3.70. The molecule has 98 valence electrons. The average molecular weight is 260 g/mol. The Bertz CT molecular complexity index is 615. The van der Waals surface area contributed by atoms with Crippen molar-refractivity contribution in [2.24, 2.45) is 0 Å². The molecule has 1 amide bonds. The van der Waals surface area contributed by atoms with Gasteiger partial charge in [0.1, 0.15) is 17.3 Å². The molecule has 0 bridgehead atoms. The fraction of sp³-hybridized carbons (Fsp3) is 0.154. The second kappa shape index (κ2) is 5.43. The standard InChI is InChI=1S/C13H13FN4O/c1-8-9(14)4-3-5-10(8)18-13(19)11-6-16-7-12(15-2)17-11/h3-7H,1-2H3,(H,15,17)(H,18,19). The van der Waals surface area contributed by atoms with Crippen molar-refractivity contribution in [1.29, 1.82) is 0 Å². The maximum Gasteiger partial charge on any atom is 0.275 e. The number of rotatable bonds is 3. The Morgan fingerprint density at radius 2 is 2.11 bits per heavy atom. The number of hydrogen-bond donors (Lipinski definition) is 2. The molecule has 0 fully saturated rings. The van der Waals surface area contributed by atoms with Crippen LogP contribution in [-0.4, -0.2) is 22.9 Å². The third-order valence-electron chi connectivity index (χ3n) is 2.64. The summed E-state index contributed by atoms with van der Waals surface area (Å²) in [5, 5.41) is 5.40. The fourth-order valence-electron chi connectivity index (χ4n) is 1.53. The Balaban J connectivity index is 2.23. The maximum atomic E-state index is 13.4. The van der Waals surface area contributed by atoms with Gasteiger partial charge in [-0.2, -0.15) is 0 Å². The minimum Gasteiger partial charge on any atom is -0.372 e. The molecule has 0 atom stereocenters. The van der Waals surface area contributed by atoms with Crippen LogP contribution in [0.2, 0.25) is 0 Å². The van der Waals surface area contributed by atoms with Gasteiger partial charge in [-0.15, -0.1) is 0 Å². The third kappa shape index (κ3) is 2.85. The van der Waals surface area contributed by atoms with Gasteiger partial charge in [0, 0.05) is 18.3 Å². The Morgan fingerprint density at radius 3 is 2.84 bits per heavy atom. The molecule has 2 rings (SSSR count). The van der Waals surface area contributed by atoms with E-state index in [1.807, 2.05) is 0 Å². The molecule has 0 aliphatic heterocycles. The molecule has 0 spiro atoms. The number of halogens is 1. The van der Waals surface area contributed by atoms with Crippen LogP contribution in [0.15, 0.2) is 30.6 Å². The number of carbonyl (C=O) groups is 1. The molecule has 0 saturated carbocycles. The second-order valence-corrected chi connectivity index (χ2v) is 3.91. The van der Waals surface area contributed by atoms with E-state index >= 15 is 0 Å². The summed E-state index contributed by atoms with van der Waals surface area (Å²) in [6, 6.07) is 4.51. The summed E-state index contributed by atoms with van der Waals surface area (Å²) in [7, 11) is 1.68. The zero-order valence-electron chi connectivity index (χ0n) is 10.6. The Morgan fingerprint density at radius 1 is 1.32 bits per heavy atom. The van der Waals surface area contributed by atoms with Gasteiger partial charge < -0.3 is 10.6 Å². The van der Waals surface area contributed by atoms with E-state index < -0.39 is 5.91 Å². The predicted octanol–water partition coefficient (Wildman–Crippen LogP) is 2.22. The van der Waals surface area contributed by atoms with Crippen LogP contribution in [0.25, 0.3) is 0 Å². The molecule has 0 unspecified atom stereocenters. The first-order valence-corrected chi connectivity index (χ1v) is 5.68. The van der Waals surface area contributed by atoms with Gasteiger partial charge in [-0.25, -0.2) is 9.37 Å². The van der Waals surface area contributed by atoms with Crippen molar-refractivity contribution in [3.63, 3.8) is 0 Å². The van der Waals surface area contributed by atoms with Crippen LogP contribution in [0.3, 0.4) is 0 Å². The maximum absolute atomic E-state index is 13.4. The lowest BCUT2D eigenvalue weighted by Gasteiger charge is -2.08. The highest BCUT2D eigenvalue weighted by molar-refractivity contribution is 6.03. The van der Waals surface area contributed by atoms with E-state index in [9.17, 15) is 9.18 Å². The summed E-state index contributed by atoms with van der Waals surface area (Å²) in [5.74, 6) is -0.310. The van der Waals surface area contributed by atoms with Gasteiger partial charge in [0.2, 0.25) is 0 Å². The van der Waals surface area contributed by atoms with Crippen LogP contribution in [-0.2, 0) is 0 Å². The first kappa shape index (κ1) is 12.9. The van der Waals surface area contributed by atoms with Crippen LogP contribution in [0.4, 0.5) is 15.9 Å². The van der Waals surface area contributed by atoms with Gasteiger partial charge >= 0.3 is 0 Å². The van der Waals surface area contributed by atoms with Crippen LogP contribution in [0.5, 0.6) is 0 Å². The van der Waals surface area contributed by atoms with Crippen molar-refractivity contribution >= 4 is 17.4 Å². The van der Waals surface area contributed by atoms with Crippen molar-refractivity contribution in [2.75, 3.05) is 17.7 Å². The largest absolute Gasteiger partial charge is 0.372 e. The summed E-state index contributed by atoms with van der Waals surface area (Å²) in [4.78, 5) is 19.9. The fourth-order valence-corrected chi connectivity index (χ4v) is 1.53. The molecule has 1 heterocycles. The minimum absolute atomic E-state index is 0.163. The van der Waals surface area contributed by atoms with Crippen molar-refractivity contribution in [3.8, 4) is 0 Å². The SMILES string of the molecule is CNc1cncc(C(=O)Nc2cccc(F)c2C)n1. The number of aromatic nitrogens is 2. The van der Waals surface area contributed by atoms with Crippen molar-refractivity contribution in [3.05, 3.63) is 47.7 Å². The summed E-state index contributed by atoms with van der Waals surface area (Å²) < 4.78 is 13.4. The number of carbonyl (C=O) groups excluding carboxylic acids is 1. The molecule has 0 radical (unpaired) electrons. The molecule has 0 aliphatic carbocycles. The Labute approximate surface area is 109 Å². The summed E-state index contributed by atoms with van der Waals surface area (Å²) >= 11 is 0. The zero-order valence-corrected chi connectivity index (χ0v) is 10.6. The van der Waals surface area contributed by atoms with E-state index in [4.69, 9.17) is 0 Å². The molecule has 2 aromatic rings. The highest BCUT2D eigenvalue weighted by atomic mass is 19.1. The van der Waals surface area contributed by atoms with Gasteiger partial charge in [-0.05, 0) is 19.1 Å². The highest BCUT2D eigenvalue weighted by Gasteiger charge is 2.11. The smallest absolute Gasteiger partial charge is 0.275 e. The van der Waals surface area contributed by atoms with Crippen LogP contribution in [0.1, 0.15) is 16.1 Å². The summed E-state index contributed by atoms with van der Waals surface area (Å²) in [5.41, 5.74) is 0.964. The lowest BCUT2D eigenvalue weighted by Crippen LogP contribution is -2.15. The number of anilines is 2. The molecule has 2 N–H and O–H groups in total. The molecule has 0 aliphatic rings. The lowest BCUT2D eigenvalue weighted by atomic mass is 10.2. The summed E-state index contributed by atoms with van der Waals surface area (Å²) in [6.45, 7) is 1.60. The van der Waals surface area contributed by atoms with Gasteiger partial charge in [0.15, 0.2) is 0 Å². The van der Waals surface area contributed by atoms with E-state index in [0.717, 1.165) is 0 Å². The first-order valence-electron chi connectivity index (χ1n) is 5.68. The Hall–Kier alpha value is -2.50. The molecule has 0 saturated heterocycles. The molecule has 5 nitrogen and oxygen atoms in total. The predicted molar refractivity (Wildman–Crippen MR) is 70.7 cm³/mol. The van der Waals surface area contributed by atoms with Crippen LogP contribution in [0, 0.1) is 12.7 Å². The number of benzene rings is 1. The first-order chi connectivity index (χ1) is 9.11.